The quantitative estimate of drug-likeness (QED) is 0.456. The predicted molar refractivity (Wildman–Crippen MR) is 118 cm³/mol. The van der Waals surface area contributed by atoms with E-state index in [1.54, 1.807) is 0 Å². The third kappa shape index (κ3) is 3.14. The number of hydrogen-bond donors (Lipinski definition) is 0. The number of carbonyl (C=O) groups excluding carboxylic acids is 1. The number of rotatable bonds is 4. The molecule has 0 radical (unpaired) electrons. The van der Waals surface area contributed by atoms with Gasteiger partial charge >= 0.3 is 0 Å². The Bertz CT molecular complexity index is 628. The zero-order valence-electron chi connectivity index (χ0n) is 19.2. The lowest BCUT2D eigenvalue weighted by atomic mass is 9.44. The fourth-order valence-electron chi connectivity index (χ4n) is 8.78. The third-order valence-corrected chi connectivity index (χ3v) is 10.4. The molecule has 0 aromatic rings. The molecule has 158 valence electrons. The Morgan fingerprint density at radius 2 is 1.86 bits per heavy atom. The fourth-order valence-corrected chi connectivity index (χ4v) is 8.78. The van der Waals surface area contributed by atoms with Crippen LogP contribution in [0.1, 0.15) is 105 Å². The van der Waals surface area contributed by atoms with Crippen LogP contribution in [0.5, 0.6) is 0 Å². The Hall–Kier alpha value is -0.590. The largest absolute Gasteiger partial charge is 0.299 e. The van der Waals surface area contributed by atoms with E-state index in [0.29, 0.717) is 34.9 Å². The Balaban J connectivity index is 1.55. The van der Waals surface area contributed by atoms with Crippen LogP contribution >= 0.6 is 0 Å². The Labute approximate surface area is 174 Å². The number of Topliss-reactive ketones (excluding diaryl/α,β-unsaturated/α-hetero) is 1. The van der Waals surface area contributed by atoms with Gasteiger partial charge in [0.25, 0.3) is 0 Å². The molecule has 1 unspecified atom stereocenters. The maximum absolute atomic E-state index is 13.8. The highest BCUT2D eigenvalue weighted by Crippen LogP contribution is 2.67. The van der Waals surface area contributed by atoms with E-state index in [1.807, 2.05) is 0 Å². The first-order valence-electron chi connectivity index (χ1n) is 12.4. The highest BCUT2D eigenvalue weighted by molar-refractivity contribution is 5.87. The average molecular weight is 385 g/mol. The molecule has 0 spiro atoms. The van der Waals surface area contributed by atoms with Gasteiger partial charge in [-0.05, 0) is 106 Å². The molecule has 0 bridgehead atoms. The van der Waals surface area contributed by atoms with Crippen LogP contribution in [0.25, 0.3) is 0 Å². The van der Waals surface area contributed by atoms with Crippen molar-refractivity contribution in [3.05, 3.63) is 11.6 Å². The van der Waals surface area contributed by atoms with Gasteiger partial charge in [-0.25, -0.2) is 0 Å². The van der Waals surface area contributed by atoms with Gasteiger partial charge in [-0.2, -0.15) is 0 Å². The van der Waals surface area contributed by atoms with Crippen molar-refractivity contribution in [2.24, 2.45) is 46.3 Å². The maximum Gasteiger partial charge on any atom is 0.139 e. The second kappa shape index (κ2) is 7.59. The maximum atomic E-state index is 13.8. The highest BCUT2D eigenvalue weighted by Gasteiger charge is 2.63. The lowest BCUT2D eigenvalue weighted by Gasteiger charge is -2.60. The molecule has 4 saturated carbocycles. The van der Waals surface area contributed by atoms with E-state index < -0.39 is 0 Å². The molecular formula is C27H44O. The third-order valence-electron chi connectivity index (χ3n) is 10.4. The standard InChI is InChI=1S/C27H44O/c1-18(2)9-8-10-19(3)22-14-15-23-21-13-12-20-11-6-7-16-26(20,4)24(21)17-25(28)27(22,23)5/h9,19-24H,6-8,10-17H2,1-5H3/t19-,20?,21+,22-,23+,24+,26+,27-/m1/s1. The second-order valence-corrected chi connectivity index (χ2v) is 11.8. The molecule has 0 aliphatic heterocycles. The monoisotopic (exact) mass is 384 g/mol. The molecule has 0 heterocycles. The zero-order chi connectivity index (χ0) is 20.1. The van der Waals surface area contributed by atoms with Crippen LogP contribution in [0.15, 0.2) is 11.6 Å². The number of carbonyl (C=O) groups is 1. The van der Waals surface area contributed by atoms with Crippen molar-refractivity contribution < 1.29 is 4.79 Å². The average Bonchev–Trinajstić information content (AvgIpc) is 3.01. The number of hydrogen-bond acceptors (Lipinski definition) is 1. The first-order chi connectivity index (χ1) is 13.3. The molecule has 8 atom stereocenters. The van der Waals surface area contributed by atoms with Gasteiger partial charge < -0.3 is 0 Å². The van der Waals surface area contributed by atoms with Crippen LogP contribution < -0.4 is 0 Å². The van der Waals surface area contributed by atoms with Gasteiger partial charge in [-0.15, -0.1) is 0 Å². The van der Waals surface area contributed by atoms with Crippen molar-refractivity contribution in [3.63, 3.8) is 0 Å². The minimum absolute atomic E-state index is 0.0244. The van der Waals surface area contributed by atoms with Crippen LogP contribution in [0.4, 0.5) is 0 Å². The lowest BCUT2D eigenvalue weighted by molar-refractivity contribution is -0.157. The molecule has 4 rings (SSSR count). The van der Waals surface area contributed by atoms with Crippen molar-refractivity contribution in [2.45, 2.75) is 105 Å². The van der Waals surface area contributed by atoms with E-state index in [0.717, 1.165) is 18.3 Å². The van der Waals surface area contributed by atoms with E-state index >= 15 is 0 Å². The van der Waals surface area contributed by atoms with Gasteiger partial charge in [0.05, 0.1) is 0 Å². The fraction of sp³-hybridized carbons (Fsp3) is 0.889. The normalized spacial score (nSPS) is 46.3. The summed E-state index contributed by atoms with van der Waals surface area (Å²) in [6.45, 7) is 11.8. The summed E-state index contributed by atoms with van der Waals surface area (Å²) in [5, 5.41) is 0. The molecule has 1 nitrogen and oxygen atoms in total. The van der Waals surface area contributed by atoms with Crippen LogP contribution in [-0.2, 0) is 4.79 Å². The summed E-state index contributed by atoms with van der Waals surface area (Å²) >= 11 is 0. The van der Waals surface area contributed by atoms with Crippen molar-refractivity contribution in [3.8, 4) is 0 Å². The first kappa shape index (κ1) is 20.7. The number of allylic oxidation sites excluding steroid dienone is 2. The van der Waals surface area contributed by atoms with Gasteiger partial charge in [0.15, 0.2) is 0 Å². The summed E-state index contributed by atoms with van der Waals surface area (Å²) < 4.78 is 0. The number of ketones is 1. The molecule has 0 N–H and O–H groups in total. The van der Waals surface area contributed by atoms with E-state index in [1.165, 1.54) is 69.8 Å². The topological polar surface area (TPSA) is 17.1 Å². The first-order valence-corrected chi connectivity index (χ1v) is 12.4. The highest BCUT2D eigenvalue weighted by atomic mass is 16.1. The molecule has 1 heteroatoms. The van der Waals surface area contributed by atoms with Gasteiger partial charge in [0.1, 0.15) is 5.78 Å². The van der Waals surface area contributed by atoms with Gasteiger partial charge in [0, 0.05) is 11.8 Å². The summed E-state index contributed by atoms with van der Waals surface area (Å²) in [5.41, 5.74) is 1.87. The molecule has 0 saturated heterocycles. The van der Waals surface area contributed by atoms with E-state index in [2.05, 4.69) is 40.7 Å². The summed E-state index contributed by atoms with van der Waals surface area (Å²) in [5.74, 6) is 5.05. The summed E-state index contributed by atoms with van der Waals surface area (Å²) in [4.78, 5) is 13.8. The van der Waals surface area contributed by atoms with Crippen molar-refractivity contribution in [1.82, 2.24) is 0 Å². The zero-order valence-corrected chi connectivity index (χ0v) is 19.2. The minimum atomic E-state index is -0.0244. The lowest BCUT2D eigenvalue weighted by Crippen LogP contribution is -2.56. The summed E-state index contributed by atoms with van der Waals surface area (Å²) in [6.07, 6.45) is 16.8. The number of fused-ring (bicyclic) bond motifs is 5. The van der Waals surface area contributed by atoms with Gasteiger partial charge in [0.2, 0.25) is 0 Å². The molecule has 28 heavy (non-hydrogen) atoms. The predicted octanol–water partition coefficient (Wildman–Crippen LogP) is 7.60. The molecule has 4 aliphatic rings. The van der Waals surface area contributed by atoms with E-state index in [-0.39, 0.29) is 5.41 Å². The van der Waals surface area contributed by atoms with Crippen LogP contribution in [-0.4, -0.2) is 5.78 Å². The van der Waals surface area contributed by atoms with Crippen molar-refractivity contribution in [2.75, 3.05) is 0 Å². The Morgan fingerprint density at radius 3 is 2.61 bits per heavy atom. The molecule has 4 aliphatic carbocycles. The Morgan fingerprint density at radius 1 is 1.07 bits per heavy atom. The second-order valence-electron chi connectivity index (χ2n) is 11.8. The molecule has 0 aromatic carbocycles. The molecule has 0 amide bonds. The van der Waals surface area contributed by atoms with Gasteiger partial charge in [-0.3, -0.25) is 4.79 Å². The smallest absolute Gasteiger partial charge is 0.139 e. The van der Waals surface area contributed by atoms with Crippen LogP contribution in [0, 0.1) is 46.3 Å². The molecule has 0 aromatic heterocycles. The summed E-state index contributed by atoms with van der Waals surface area (Å²) in [6, 6.07) is 0. The van der Waals surface area contributed by atoms with Crippen LogP contribution in [0.2, 0.25) is 0 Å². The SMILES string of the molecule is CC(C)=CCC[C@@H](C)[C@H]1CC[C@H]2[C@@H]3CCC4CCCC[C@]4(C)[C@H]3CC(=O)[C@]12C. The van der Waals surface area contributed by atoms with Crippen LogP contribution in [0.3, 0.4) is 0 Å². The van der Waals surface area contributed by atoms with Gasteiger partial charge in [-0.1, -0.05) is 45.3 Å². The van der Waals surface area contributed by atoms with Crippen molar-refractivity contribution >= 4 is 5.78 Å². The van der Waals surface area contributed by atoms with Crippen molar-refractivity contribution in [1.29, 1.82) is 0 Å². The molecular weight excluding hydrogens is 340 g/mol. The van der Waals surface area contributed by atoms with E-state index in [4.69, 9.17) is 0 Å². The Kier molecular flexibility index (Phi) is 5.60. The summed E-state index contributed by atoms with van der Waals surface area (Å²) in [7, 11) is 0. The van der Waals surface area contributed by atoms with E-state index in [9.17, 15) is 4.79 Å². The minimum Gasteiger partial charge on any atom is -0.299 e. The molecule has 4 fully saturated rings.